The third-order valence-electron chi connectivity index (χ3n) is 3.49. The van der Waals surface area contributed by atoms with Crippen LogP contribution in [0.5, 0.6) is 0 Å². The van der Waals surface area contributed by atoms with E-state index in [1.54, 1.807) is 13.8 Å². The molecule has 1 fully saturated rings. The molecule has 1 unspecified atom stereocenters. The molecule has 21 heavy (non-hydrogen) atoms. The summed E-state index contributed by atoms with van der Waals surface area (Å²) < 4.78 is 26.8. The molecule has 8 heteroatoms. The second-order valence-electron chi connectivity index (χ2n) is 5.20. The summed E-state index contributed by atoms with van der Waals surface area (Å²) in [5.41, 5.74) is 0. The number of hydrogen-bond donors (Lipinski definition) is 2. The Morgan fingerprint density at radius 1 is 1.52 bits per heavy atom. The lowest BCUT2D eigenvalue weighted by molar-refractivity contribution is 0.0702. The molecule has 2 rings (SSSR count). The highest BCUT2D eigenvalue weighted by atomic mass is 32.2. The Kier molecular flexibility index (Phi) is 4.72. The maximum atomic E-state index is 12.8. The Bertz CT molecular complexity index is 633. The standard InChI is InChI=1S/C13H19NO5S2/c1-3-10(15)7-14(9-4-5-9)21(18,19)12-6-11(13(16)17)20-8(12)2/h6,9-10,15H,3-5,7H2,1-2H3,(H,16,17). The van der Waals surface area contributed by atoms with Crippen LogP contribution < -0.4 is 0 Å². The first-order valence-electron chi connectivity index (χ1n) is 6.81. The molecule has 0 aromatic carbocycles. The predicted octanol–water partition coefficient (Wildman–Crippen LogP) is 1.68. The van der Waals surface area contributed by atoms with Gasteiger partial charge in [0.05, 0.1) is 11.0 Å². The number of aromatic carboxylic acids is 1. The molecule has 0 bridgehead atoms. The number of rotatable bonds is 7. The zero-order valence-corrected chi connectivity index (χ0v) is 13.6. The molecule has 0 amide bonds. The van der Waals surface area contributed by atoms with Crippen LogP contribution in [0.1, 0.15) is 40.7 Å². The highest BCUT2D eigenvalue weighted by Gasteiger charge is 2.40. The minimum absolute atomic E-state index is 0.0119. The molecule has 1 aromatic rings. The molecule has 6 nitrogen and oxygen atoms in total. The topological polar surface area (TPSA) is 94.9 Å². The summed E-state index contributed by atoms with van der Waals surface area (Å²) >= 11 is 0.956. The first kappa shape index (κ1) is 16.4. The molecule has 1 heterocycles. The summed E-state index contributed by atoms with van der Waals surface area (Å²) in [4.78, 5) is 11.5. The van der Waals surface area contributed by atoms with E-state index in [2.05, 4.69) is 0 Å². The van der Waals surface area contributed by atoms with Gasteiger partial charge >= 0.3 is 5.97 Å². The molecule has 2 N–H and O–H groups in total. The van der Waals surface area contributed by atoms with Crippen LogP contribution in [0.15, 0.2) is 11.0 Å². The summed E-state index contributed by atoms with van der Waals surface area (Å²) in [5.74, 6) is -1.13. The van der Waals surface area contributed by atoms with E-state index in [1.165, 1.54) is 10.4 Å². The van der Waals surface area contributed by atoms with Gasteiger partial charge in [-0.2, -0.15) is 4.31 Å². The highest BCUT2D eigenvalue weighted by Crippen LogP contribution is 2.35. The lowest BCUT2D eigenvalue weighted by Crippen LogP contribution is -2.39. The average molecular weight is 333 g/mol. The molecule has 1 atom stereocenters. The maximum Gasteiger partial charge on any atom is 0.345 e. The average Bonchev–Trinajstić information content (AvgIpc) is 3.16. The van der Waals surface area contributed by atoms with Crippen molar-refractivity contribution < 1.29 is 23.4 Å². The van der Waals surface area contributed by atoms with Gasteiger partial charge in [0.15, 0.2) is 0 Å². The number of carboxylic acids is 1. The fourth-order valence-electron chi connectivity index (χ4n) is 2.10. The number of aryl methyl sites for hydroxylation is 1. The van der Waals surface area contributed by atoms with Crippen LogP contribution in [-0.4, -0.2) is 47.6 Å². The summed E-state index contributed by atoms with van der Waals surface area (Å²) in [6.45, 7) is 3.45. The van der Waals surface area contributed by atoms with Crippen molar-refractivity contribution in [2.45, 2.75) is 50.2 Å². The van der Waals surface area contributed by atoms with Gasteiger partial charge in [0.2, 0.25) is 10.0 Å². The first-order chi connectivity index (χ1) is 9.77. The molecule has 1 aliphatic carbocycles. The molecule has 0 radical (unpaired) electrons. The molecule has 1 saturated carbocycles. The smallest absolute Gasteiger partial charge is 0.345 e. The molecule has 0 saturated heterocycles. The van der Waals surface area contributed by atoms with Crippen LogP contribution >= 0.6 is 11.3 Å². The van der Waals surface area contributed by atoms with Crippen LogP contribution in [0.2, 0.25) is 0 Å². The first-order valence-corrected chi connectivity index (χ1v) is 9.06. The number of hydrogen-bond acceptors (Lipinski definition) is 5. The van der Waals surface area contributed by atoms with Crippen LogP contribution in [0, 0.1) is 6.92 Å². The van der Waals surface area contributed by atoms with E-state index in [0.29, 0.717) is 11.3 Å². The normalized spacial score (nSPS) is 17.1. The van der Waals surface area contributed by atoms with E-state index in [-0.39, 0.29) is 22.4 Å². The third kappa shape index (κ3) is 3.45. The fourth-order valence-corrected chi connectivity index (χ4v) is 5.22. The van der Waals surface area contributed by atoms with Gasteiger partial charge in [0.25, 0.3) is 0 Å². The molecule has 118 valence electrons. The Balaban J connectivity index is 2.36. The van der Waals surface area contributed by atoms with Crippen LogP contribution in [-0.2, 0) is 10.0 Å². The van der Waals surface area contributed by atoms with E-state index in [0.717, 1.165) is 24.2 Å². The van der Waals surface area contributed by atoms with E-state index < -0.39 is 22.1 Å². The molecule has 1 aliphatic rings. The Hall–Kier alpha value is -0.960. The van der Waals surface area contributed by atoms with Gasteiger partial charge in [-0.15, -0.1) is 11.3 Å². The fraction of sp³-hybridized carbons (Fsp3) is 0.615. The number of thiophene rings is 1. The number of nitrogens with zero attached hydrogens (tertiary/aromatic N) is 1. The van der Waals surface area contributed by atoms with Crippen molar-refractivity contribution in [3.05, 3.63) is 15.8 Å². The lowest BCUT2D eigenvalue weighted by Gasteiger charge is -2.24. The van der Waals surface area contributed by atoms with Gasteiger partial charge in [-0.1, -0.05) is 6.92 Å². The number of carbonyl (C=O) groups is 1. The maximum absolute atomic E-state index is 12.8. The van der Waals surface area contributed by atoms with Crippen molar-refractivity contribution in [3.63, 3.8) is 0 Å². The molecular formula is C13H19NO5S2. The summed E-state index contributed by atoms with van der Waals surface area (Å²) in [5, 5.41) is 18.8. The largest absolute Gasteiger partial charge is 0.477 e. The number of aliphatic hydroxyl groups excluding tert-OH is 1. The minimum atomic E-state index is -3.77. The van der Waals surface area contributed by atoms with Crippen molar-refractivity contribution in [2.24, 2.45) is 0 Å². The number of aliphatic hydroxyl groups is 1. The van der Waals surface area contributed by atoms with Gasteiger partial charge in [-0.25, -0.2) is 13.2 Å². The van der Waals surface area contributed by atoms with E-state index >= 15 is 0 Å². The van der Waals surface area contributed by atoms with Crippen molar-refractivity contribution in [1.29, 1.82) is 0 Å². The summed E-state index contributed by atoms with van der Waals surface area (Å²) in [6, 6.07) is 1.13. The Morgan fingerprint density at radius 2 is 2.14 bits per heavy atom. The van der Waals surface area contributed by atoms with Crippen molar-refractivity contribution in [3.8, 4) is 0 Å². The van der Waals surface area contributed by atoms with Crippen LogP contribution in [0.4, 0.5) is 0 Å². The zero-order chi connectivity index (χ0) is 15.8. The molecule has 0 aliphatic heterocycles. The minimum Gasteiger partial charge on any atom is -0.477 e. The SMILES string of the molecule is CCC(O)CN(C1CC1)S(=O)(=O)c1cc(C(=O)O)sc1C. The second-order valence-corrected chi connectivity index (χ2v) is 8.32. The van der Waals surface area contributed by atoms with Crippen molar-refractivity contribution in [2.75, 3.05) is 6.54 Å². The molecule has 0 spiro atoms. The quantitative estimate of drug-likeness (QED) is 0.791. The van der Waals surface area contributed by atoms with Gasteiger partial charge < -0.3 is 10.2 Å². The zero-order valence-electron chi connectivity index (χ0n) is 11.9. The molecule has 1 aromatic heterocycles. The highest BCUT2D eigenvalue weighted by molar-refractivity contribution is 7.89. The van der Waals surface area contributed by atoms with Crippen LogP contribution in [0.3, 0.4) is 0 Å². The van der Waals surface area contributed by atoms with Crippen LogP contribution in [0.25, 0.3) is 0 Å². The number of carboxylic acid groups (broad SMARTS) is 1. The predicted molar refractivity (Wildman–Crippen MR) is 79.2 cm³/mol. The van der Waals surface area contributed by atoms with E-state index in [1.807, 2.05) is 0 Å². The third-order valence-corrected chi connectivity index (χ3v) is 6.70. The van der Waals surface area contributed by atoms with E-state index in [4.69, 9.17) is 5.11 Å². The lowest BCUT2D eigenvalue weighted by atomic mass is 10.3. The van der Waals surface area contributed by atoms with Crippen molar-refractivity contribution >= 4 is 27.3 Å². The van der Waals surface area contributed by atoms with Gasteiger partial charge in [0, 0.05) is 17.5 Å². The van der Waals surface area contributed by atoms with Gasteiger partial charge in [0.1, 0.15) is 4.88 Å². The molecular weight excluding hydrogens is 314 g/mol. The van der Waals surface area contributed by atoms with Gasteiger partial charge in [-0.3, -0.25) is 0 Å². The number of sulfonamides is 1. The monoisotopic (exact) mass is 333 g/mol. The summed E-state index contributed by atoms with van der Waals surface area (Å²) in [6.07, 6.45) is 1.33. The Labute approximate surface area is 128 Å². The Morgan fingerprint density at radius 3 is 2.57 bits per heavy atom. The second kappa shape index (κ2) is 6.04. The van der Waals surface area contributed by atoms with E-state index in [9.17, 15) is 18.3 Å². The van der Waals surface area contributed by atoms with Gasteiger partial charge in [-0.05, 0) is 32.3 Å². The van der Waals surface area contributed by atoms with Crippen molar-refractivity contribution in [1.82, 2.24) is 4.31 Å². The summed E-state index contributed by atoms with van der Waals surface area (Å²) in [7, 11) is -3.77.